The molecule has 1 atom stereocenters. The van der Waals surface area contributed by atoms with Gasteiger partial charge in [0.1, 0.15) is 0 Å². The SMILES string of the molecule is CNCCC1CCCN1C(=O)c1ccc(C)cc1. The van der Waals surface area contributed by atoms with Gasteiger partial charge in [0.15, 0.2) is 0 Å². The van der Waals surface area contributed by atoms with Crippen LogP contribution in [-0.2, 0) is 0 Å². The first-order valence-electron chi connectivity index (χ1n) is 6.74. The number of amides is 1. The number of benzene rings is 1. The van der Waals surface area contributed by atoms with Gasteiger partial charge in [-0.2, -0.15) is 0 Å². The van der Waals surface area contributed by atoms with Crippen LogP contribution in [0.2, 0.25) is 0 Å². The van der Waals surface area contributed by atoms with E-state index in [1.54, 1.807) is 0 Å². The third-order valence-electron chi connectivity index (χ3n) is 3.66. The number of nitrogens with one attached hydrogen (secondary N) is 1. The molecule has 1 aromatic carbocycles. The Labute approximate surface area is 109 Å². The highest BCUT2D eigenvalue weighted by Gasteiger charge is 2.28. The van der Waals surface area contributed by atoms with Crippen molar-refractivity contribution in [1.29, 1.82) is 0 Å². The first-order chi connectivity index (χ1) is 8.72. The number of nitrogens with zero attached hydrogens (tertiary/aromatic N) is 1. The third kappa shape index (κ3) is 2.91. The molecule has 0 bridgehead atoms. The predicted octanol–water partition coefficient (Wildman–Crippen LogP) is 2.21. The molecule has 2 rings (SSSR count). The van der Waals surface area contributed by atoms with E-state index in [1.807, 2.05) is 43.1 Å². The molecule has 0 aliphatic carbocycles. The Hall–Kier alpha value is -1.35. The van der Waals surface area contributed by atoms with Gasteiger partial charge in [-0.3, -0.25) is 4.79 Å². The Morgan fingerprint density at radius 3 is 2.78 bits per heavy atom. The monoisotopic (exact) mass is 246 g/mol. The maximum Gasteiger partial charge on any atom is 0.254 e. The molecule has 1 heterocycles. The first-order valence-corrected chi connectivity index (χ1v) is 6.74. The summed E-state index contributed by atoms with van der Waals surface area (Å²) in [6.07, 6.45) is 3.32. The topological polar surface area (TPSA) is 32.3 Å². The second kappa shape index (κ2) is 6.01. The smallest absolute Gasteiger partial charge is 0.254 e. The van der Waals surface area contributed by atoms with Crippen molar-refractivity contribution in [3.8, 4) is 0 Å². The van der Waals surface area contributed by atoms with Crippen LogP contribution < -0.4 is 5.32 Å². The van der Waals surface area contributed by atoms with E-state index in [0.29, 0.717) is 6.04 Å². The van der Waals surface area contributed by atoms with Gasteiger partial charge in [0, 0.05) is 18.2 Å². The van der Waals surface area contributed by atoms with Gasteiger partial charge in [0.2, 0.25) is 0 Å². The van der Waals surface area contributed by atoms with Gasteiger partial charge < -0.3 is 10.2 Å². The molecular weight excluding hydrogens is 224 g/mol. The highest BCUT2D eigenvalue weighted by Crippen LogP contribution is 2.22. The molecule has 1 unspecified atom stereocenters. The van der Waals surface area contributed by atoms with Gasteiger partial charge in [-0.05, 0) is 51.9 Å². The Bertz CT molecular complexity index is 399. The summed E-state index contributed by atoms with van der Waals surface area (Å²) in [6.45, 7) is 3.92. The zero-order valence-electron chi connectivity index (χ0n) is 11.3. The quantitative estimate of drug-likeness (QED) is 0.883. The predicted molar refractivity (Wildman–Crippen MR) is 73.8 cm³/mol. The van der Waals surface area contributed by atoms with E-state index in [9.17, 15) is 4.79 Å². The molecule has 1 aliphatic rings. The van der Waals surface area contributed by atoms with Crippen molar-refractivity contribution >= 4 is 5.91 Å². The highest BCUT2D eigenvalue weighted by atomic mass is 16.2. The fourth-order valence-corrected chi connectivity index (χ4v) is 2.58. The molecule has 1 aliphatic heterocycles. The van der Waals surface area contributed by atoms with Crippen LogP contribution in [0.1, 0.15) is 35.2 Å². The molecule has 0 saturated carbocycles. The number of carbonyl (C=O) groups is 1. The highest BCUT2D eigenvalue weighted by molar-refractivity contribution is 5.94. The van der Waals surface area contributed by atoms with E-state index >= 15 is 0 Å². The minimum Gasteiger partial charge on any atom is -0.336 e. The summed E-state index contributed by atoms with van der Waals surface area (Å²) in [4.78, 5) is 14.5. The summed E-state index contributed by atoms with van der Waals surface area (Å²) in [5.41, 5.74) is 2.01. The molecule has 1 fully saturated rings. The lowest BCUT2D eigenvalue weighted by Crippen LogP contribution is -2.37. The second-order valence-electron chi connectivity index (χ2n) is 5.05. The Balaban J connectivity index is 2.05. The van der Waals surface area contributed by atoms with Crippen molar-refractivity contribution in [3.05, 3.63) is 35.4 Å². The maximum absolute atomic E-state index is 12.4. The van der Waals surface area contributed by atoms with Crippen LogP contribution >= 0.6 is 0 Å². The normalized spacial score (nSPS) is 19.2. The van der Waals surface area contributed by atoms with E-state index in [1.165, 1.54) is 5.56 Å². The van der Waals surface area contributed by atoms with Crippen LogP contribution in [0.15, 0.2) is 24.3 Å². The maximum atomic E-state index is 12.4. The number of rotatable bonds is 4. The number of likely N-dealkylation sites (tertiary alicyclic amines) is 1. The standard InChI is InChI=1S/C15H22N2O/c1-12-5-7-13(8-6-12)15(18)17-11-3-4-14(17)9-10-16-2/h5-8,14,16H,3-4,9-11H2,1-2H3. The van der Waals surface area contributed by atoms with Crippen LogP contribution in [0.5, 0.6) is 0 Å². The van der Waals surface area contributed by atoms with Gasteiger partial charge in [-0.25, -0.2) is 0 Å². The minimum absolute atomic E-state index is 0.189. The van der Waals surface area contributed by atoms with Crippen LogP contribution in [-0.4, -0.2) is 37.0 Å². The fraction of sp³-hybridized carbons (Fsp3) is 0.533. The zero-order chi connectivity index (χ0) is 13.0. The molecule has 1 N–H and O–H groups in total. The first kappa shape index (κ1) is 13.1. The molecule has 3 heteroatoms. The zero-order valence-corrected chi connectivity index (χ0v) is 11.3. The molecule has 0 aromatic heterocycles. The van der Waals surface area contributed by atoms with Crippen LogP contribution in [0.4, 0.5) is 0 Å². The van der Waals surface area contributed by atoms with E-state index in [-0.39, 0.29) is 5.91 Å². The molecule has 1 saturated heterocycles. The van der Waals surface area contributed by atoms with Gasteiger partial charge >= 0.3 is 0 Å². The van der Waals surface area contributed by atoms with Gasteiger partial charge in [0.05, 0.1) is 0 Å². The Kier molecular flexibility index (Phi) is 4.37. The lowest BCUT2D eigenvalue weighted by molar-refractivity contribution is 0.0731. The molecule has 0 spiro atoms. The lowest BCUT2D eigenvalue weighted by Gasteiger charge is -2.24. The van der Waals surface area contributed by atoms with Crippen molar-refractivity contribution in [2.24, 2.45) is 0 Å². The van der Waals surface area contributed by atoms with Crippen LogP contribution in [0.3, 0.4) is 0 Å². The molecule has 98 valence electrons. The van der Waals surface area contributed by atoms with Crippen molar-refractivity contribution in [2.75, 3.05) is 20.1 Å². The van der Waals surface area contributed by atoms with E-state index in [4.69, 9.17) is 0 Å². The van der Waals surface area contributed by atoms with Crippen molar-refractivity contribution in [3.63, 3.8) is 0 Å². The van der Waals surface area contributed by atoms with Crippen molar-refractivity contribution < 1.29 is 4.79 Å². The Morgan fingerprint density at radius 1 is 1.39 bits per heavy atom. The molecule has 0 radical (unpaired) electrons. The third-order valence-corrected chi connectivity index (χ3v) is 3.66. The summed E-state index contributed by atoms with van der Waals surface area (Å²) in [7, 11) is 1.96. The summed E-state index contributed by atoms with van der Waals surface area (Å²) in [5.74, 6) is 0.189. The number of aryl methyl sites for hydroxylation is 1. The Morgan fingerprint density at radius 2 is 2.11 bits per heavy atom. The summed E-state index contributed by atoms with van der Waals surface area (Å²) >= 11 is 0. The number of hydrogen-bond acceptors (Lipinski definition) is 2. The summed E-state index contributed by atoms with van der Waals surface area (Å²) < 4.78 is 0. The largest absolute Gasteiger partial charge is 0.336 e. The number of hydrogen-bond donors (Lipinski definition) is 1. The average Bonchev–Trinajstić information content (AvgIpc) is 2.84. The van der Waals surface area contributed by atoms with E-state index in [2.05, 4.69) is 5.32 Å². The van der Waals surface area contributed by atoms with Gasteiger partial charge in [0.25, 0.3) is 5.91 Å². The molecule has 18 heavy (non-hydrogen) atoms. The van der Waals surface area contributed by atoms with Gasteiger partial charge in [-0.15, -0.1) is 0 Å². The van der Waals surface area contributed by atoms with Crippen molar-refractivity contribution in [2.45, 2.75) is 32.2 Å². The van der Waals surface area contributed by atoms with Gasteiger partial charge in [-0.1, -0.05) is 17.7 Å². The molecule has 3 nitrogen and oxygen atoms in total. The fourth-order valence-electron chi connectivity index (χ4n) is 2.58. The van der Waals surface area contributed by atoms with Crippen molar-refractivity contribution in [1.82, 2.24) is 10.2 Å². The molecular formula is C15H22N2O. The lowest BCUT2D eigenvalue weighted by atomic mass is 10.1. The van der Waals surface area contributed by atoms with E-state index in [0.717, 1.165) is 37.9 Å². The van der Waals surface area contributed by atoms with Crippen LogP contribution in [0.25, 0.3) is 0 Å². The van der Waals surface area contributed by atoms with Crippen LogP contribution in [0, 0.1) is 6.92 Å². The molecule has 1 amide bonds. The number of carbonyl (C=O) groups excluding carboxylic acids is 1. The van der Waals surface area contributed by atoms with E-state index < -0.39 is 0 Å². The minimum atomic E-state index is 0.189. The molecule has 1 aromatic rings. The summed E-state index contributed by atoms with van der Waals surface area (Å²) in [6, 6.07) is 8.29. The summed E-state index contributed by atoms with van der Waals surface area (Å²) in [5, 5.41) is 3.16. The second-order valence-corrected chi connectivity index (χ2v) is 5.05. The average molecular weight is 246 g/mol.